The molecule has 0 aliphatic carbocycles. The molecule has 2 aliphatic heterocycles. The third-order valence-electron chi connectivity index (χ3n) is 6.58. The minimum Gasteiger partial charge on any atom is -0.353 e. The second-order valence-electron chi connectivity index (χ2n) is 9.26. The SMILES string of the molecule is O=C(C[C@H]1C(=O)NCCN1C(=O)CN1CCN(Cc2ccccc2)CC1)Nc1cccc(C(F)(F)F)c1. The molecule has 0 saturated carbocycles. The normalized spacial score (nSPS) is 19.4. The van der Waals surface area contributed by atoms with E-state index in [2.05, 4.69) is 27.7 Å². The highest BCUT2D eigenvalue weighted by molar-refractivity contribution is 5.97. The van der Waals surface area contributed by atoms with Crippen molar-refractivity contribution in [1.29, 1.82) is 0 Å². The van der Waals surface area contributed by atoms with Gasteiger partial charge in [0.25, 0.3) is 0 Å². The largest absolute Gasteiger partial charge is 0.416 e. The second kappa shape index (κ2) is 11.7. The van der Waals surface area contributed by atoms with Crippen molar-refractivity contribution in [3.63, 3.8) is 0 Å². The van der Waals surface area contributed by atoms with Crippen LogP contribution < -0.4 is 10.6 Å². The van der Waals surface area contributed by atoms with Gasteiger partial charge in [-0.15, -0.1) is 0 Å². The predicted octanol–water partition coefficient (Wildman–Crippen LogP) is 2.18. The van der Waals surface area contributed by atoms with Crippen LogP contribution >= 0.6 is 0 Å². The van der Waals surface area contributed by atoms with Crippen molar-refractivity contribution in [2.45, 2.75) is 25.2 Å². The van der Waals surface area contributed by atoms with Crippen molar-refractivity contribution in [3.8, 4) is 0 Å². The molecule has 0 aromatic heterocycles. The molecule has 3 amide bonds. The maximum absolute atomic E-state index is 13.1. The van der Waals surface area contributed by atoms with Crippen molar-refractivity contribution in [2.75, 3.05) is 51.1 Å². The fourth-order valence-electron chi connectivity index (χ4n) is 4.61. The summed E-state index contributed by atoms with van der Waals surface area (Å²) in [5.41, 5.74) is 0.321. The zero-order valence-corrected chi connectivity index (χ0v) is 20.3. The Hall–Kier alpha value is -3.44. The fraction of sp³-hybridized carbons (Fsp3) is 0.423. The molecule has 0 spiro atoms. The number of rotatable bonds is 7. The zero-order valence-electron chi connectivity index (χ0n) is 20.3. The molecule has 0 bridgehead atoms. The van der Waals surface area contributed by atoms with Gasteiger partial charge in [0.2, 0.25) is 17.7 Å². The van der Waals surface area contributed by atoms with Gasteiger partial charge in [-0.25, -0.2) is 0 Å². The standard InChI is InChI=1S/C26H30F3N5O3/c27-26(28,29)20-7-4-8-21(15-20)31-23(35)16-22-25(37)30-9-10-34(22)24(36)18-33-13-11-32(12-14-33)17-19-5-2-1-3-6-19/h1-8,15,22H,9-14,16-18H2,(H,30,37)(H,31,35)/t22-/m0/s1. The average molecular weight is 518 g/mol. The second-order valence-corrected chi connectivity index (χ2v) is 9.26. The molecule has 4 rings (SSSR count). The van der Waals surface area contributed by atoms with E-state index in [-0.39, 0.29) is 37.6 Å². The number of hydrogen-bond acceptors (Lipinski definition) is 5. The van der Waals surface area contributed by atoms with Crippen LogP contribution in [-0.2, 0) is 27.1 Å². The van der Waals surface area contributed by atoms with Crippen molar-refractivity contribution < 1.29 is 27.6 Å². The fourth-order valence-corrected chi connectivity index (χ4v) is 4.61. The van der Waals surface area contributed by atoms with Gasteiger partial charge in [-0.1, -0.05) is 36.4 Å². The molecule has 1 atom stereocenters. The van der Waals surface area contributed by atoms with E-state index in [1.807, 2.05) is 23.1 Å². The van der Waals surface area contributed by atoms with Crippen LogP contribution in [0.5, 0.6) is 0 Å². The van der Waals surface area contributed by atoms with E-state index in [1.54, 1.807) is 0 Å². The lowest BCUT2D eigenvalue weighted by atomic mass is 10.1. The molecule has 37 heavy (non-hydrogen) atoms. The summed E-state index contributed by atoms with van der Waals surface area (Å²) in [6.07, 6.45) is -4.89. The number of piperazine rings is 2. The lowest BCUT2D eigenvalue weighted by Crippen LogP contribution is -2.60. The first-order valence-electron chi connectivity index (χ1n) is 12.2. The molecule has 2 aromatic carbocycles. The summed E-state index contributed by atoms with van der Waals surface area (Å²) in [5.74, 6) is -1.34. The Morgan fingerprint density at radius 3 is 2.35 bits per heavy atom. The van der Waals surface area contributed by atoms with Crippen LogP contribution in [0.15, 0.2) is 54.6 Å². The van der Waals surface area contributed by atoms with Crippen LogP contribution in [-0.4, -0.2) is 84.3 Å². The number of nitrogens with one attached hydrogen (secondary N) is 2. The van der Waals surface area contributed by atoms with Gasteiger partial charge >= 0.3 is 6.18 Å². The minimum absolute atomic E-state index is 0.0257. The molecular formula is C26H30F3N5O3. The van der Waals surface area contributed by atoms with E-state index in [4.69, 9.17) is 0 Å². The maximum atomic E-state index is 13.1. The monoisotopic (exact) mass is 517 g/mol. The van der Waals surface area contributed by atoms with Gasteiger partial charge in [-0.05, 0) is 23.8 Å². The molecule has 2 saturated heterocycles. The predicted molar refractivity (Wildman–Crippen MR) is 131 cm³/mol. The molecule has 2 heterocycles. The first-order valence-corrected chi connectivity index (χ1v) is 12.2. The Morgan fingerprint density at radius 2 is 1.65 bits per heavy atom. The highest BCUT2D eigenvalue weighted by atomic mass is 19.4. The highest BCUT2D eigenvalue weighted by Crippen LogP contribution is 2.30. The number of nitrogens with zero attached hydrogens (tertiary/aromatic N) is 3. The molecule has 0 unspecified atom stereocenters. The Morgan fingerprint density at radius 1 is 0.946 bits per heavy atom. The first kappa shape index (κ1) is 26.6. The molecule has 198 valence electrons. The smallest absolute Gasteiger partial charge is 0.353 e. The summed E-state index contributed by atoms with van der Waals surface area (Å²) in [5, 5.41) is 5.08. The lowest BCUT2D eigenvalue weighted by molar-refractivity contribution is -0.145. The van der Waals surface area contributed by atoms with Crippen LogP contribution in [0.25, 0.3) is 0 Å². The molecule has 11 heteroatoms. The van der Waals surface area contributed by atoms with Crippen molar-refractivity contribution in [3.05, 3.63) is 65.7 Å². The number of benzene rings is 2. The van der Waals surface area contributed by atoms with Gasteiger partial charge in [-0.3, -0.25) is 24.2 Å². The van der Waals surface area contributed by atoms with Crippen LogP contribution in [0.4, 0.5) is 18.9 Å². The molecular weight excluding hydrogens is 487 g/mol. The number of halogens is 3. The third kappa shape index (κ3) is 7.30. The van der Waals surface area contributed by atoms with E-state index in [9.17, 15) is 27.6 Å². The molecule has 0 radical (unpaired) electrons. The first-order chi connectivity index (χ1) is 17.7. The minimum atomic E-state index is -4.54. The van der Waals surface area contributed by atoms with E-state index in [0.717, 1.165) is 31.8 Å². The summed E-state index contributed by atoms with van der Waals surface area (Å²) in [6, 6.07) is 13.4. The molecule has 2 N–H and O–H groups in total. The van der Waals surface area contributed by atoms with Gasteiger partial charge in [0.1, 0.15) is 6.04 Å². The van der Waals surface area contributed by atoms with Crippen molar-refractivity contribution >= 4 is 23.4 Å². The number of hydrogen-bond donors (Lipinski definition) is 2. The van der Waals surface area contributed by atoms with Gasteiger partial charge in [0.05, 0.1) is 18.5 Å². The lowest BCUT2D eigenvalue weighted by Gasteiger charge is -2.38. The Labute approximate surface area is 213 Å². The summed E-state index contributed by atoms with van der Waals surface area (Å²) >= 11 is 0. The van der Waals surface area contributed by atoms with E-state index in [0.29, 0.717) is 13.1 Å². The van der Waals surface area contributed by atoms with E-state index in [1.165, 1.54) is 22.6 Å². The molecule has 8 nitrogen and oxygen atoms in total. The molecule has 2 aromatic rings. The summed E-state index contributed by atoms with van der Waals surface area (Å²) < 4.78 is 38.9. The number of carbonyl (C=O) groups excluding carboxylic acids is 3. The van der Waals surface area contributed by atoms with Gasteiger partial charge < -0.3 is 15.5 Å². The van der Waals surface area contributed by atoms with Gasteiger partial charge in [0.15, 0.2) is 0 Å². The summed E-state index contributed by atoms with van der Waals surface area (Å²) in [6.45, 7) is 4.56. The molecule has 2 fully saturated rings. The quantitative estimate of drug-likeness (QED) is 0.588. The third-order valence-corrected chi connectivity index (χ3v) is 6.58. The van der Waals surface area contributed by atoms with Crippen LogP contribution in [0.2, 0.25) is 0 Å². The number of amides is 3. The van der Waals surface area contributed by atoms with E-state index < -0.39 is 29.6 Å². The Kier molecular flexibility index (Phi) is 8.45. The molecule has 2 aliphatic rings. The highest BCUT2D eigenvalue weighted by Gasteiger charge is 2.36. The van der Waals surface area contributed by atoms with Crippen LogP contribution in [0.3, 0.4) is 0 Å². The maximum Gasteiger partial charge on any atom is 0.416 e. The van der Waals surface area contributed by atoms with Crippen LogP contribution in [0, 0.1) is 0 Å². The Bertz CT molecular complexity index is 1100. The average Bonchev–Trinajstić information content (AvgIpc) is 2.86. The summed E-state index contributed by atoms with van der Waals surface area (Å²) in [7, 11) is 0. The van der Waals surface area contributed by atoms with Crippen molar-refractivity contribution in [2.24, 2.45) is 0 Å². The number of carbonyl (C=O) groups is 3. The zero-order chi connectivity index (χ0) is 26.4. The number of anilines is 1. The topological polar surface area (TPSA) is 85.0 Å². The van der Waals surface area contributed by atoms with Crippen molar-refractivity contribution in [1.82, 2.24) is 20.0 Å². The van der Waals surface area contributed by atoms with Gasteiger partial charge in [-0.2, -0.15) is 13.2 Å². The van der Waals surface area contributed by atoms with E-state index >= 15 is 0 Å². The van der Waals surface area contributed by atoms with Gasteiger partial charge in [0, 0.05) is 51.5 Å². The summed E-state index contributed by atoms with van der Waals surface area (Å²) in [4.78, 5) is 44.0. The number of alkyl halides is 3. The van der Waals surface area contributed by atoms with Crippen LogP contribution in [0.1, 0.15) is 17.5 Å². The Balaban J connectivity index is 1.31.